The highest BCUT2D eigenvalue weighted by atomic mass is 32.1. The molecule has 5 nitrogen and oxygen atoms in total. The Hall–Kier alpha value is -1.24. The SMILES string of the molecule is CCN1CCc2c(sc3nc(CN(C)C)[nH]c(=O)c23)C1. The molecule has 3 rings (SSSR count). The lowest BCUT2D eigenvalue weighted by atomic mass is 10.1. The predicted molar refractivity (Wildman–Crippen MR) is 82.3 cm³/mol. The average Bonchev–Trinajstić information content (AvgIpc) is 2.74. The number of aromatic amines is 1. The number of hydrogen-bond donors (Lipinski definition) is 1. The molecule has 0 saturated carbocycles. The minimum absolute atomic E-state index is 0.0225. The van der Waals surface area contributed by atoms with E-state index >= 15 is 0 Å². The van der Waals surface area contributed by atoms with Crippen LogP contribution in [-0.4, -0.2) is 47.0 Å². The first-order chi connectivity index (χ1) is 9.58. The highest BCUT2D eigenvalue weighted by Gasteiger charge is 2.22. The lowest BCUT2D eigenvalue weighted by molar-refractivity contribution is 0.272. The summed E-state index contributed by atoms with van der Waals surface area (Å²) in [5.41, 5.74) is 1.24. The van der Waals surface area contributed by atoms with Crippen LogP contribution in [0.3, 0.4) is 0 Å². The zero-order valence-electron chi connectivity index (χ0n) is 12.2. The monoisotopic (exact) mass is 292 g/mol. The molecule has 1 aliphatic heterocycles. The molecule has 108 valence electrons. The van der Waals surface area contributed by atoms with E-state index in [0.29, 0.717) is 6.54 Å². The van der Waals surface area contributed by atoms with Gasteiger partial charge >= 0.3 is 0 Å². The maximum atomic E-state index is 12.3. The molecular formula is C14H20N4OS. The number of rotatable bonds is 3. The second-order valence-corrected chi connectivity index (χ2v) is 6.64. The average molecular weight is 292 g/mol. The Kier molecular flexibility index (Phi) is 3.62. The van der Waals surface area contributed by atoms with Crippen LogP contribution < -0.4 is 5.56 Å². The lowest BCUT2D eigenvalue weighted by Crippen LogP contribution is -2.29. The highest BCUT2D eigenvalue weighted by Crippen LogP contribution is 2.32. The number of likely N-dealkylation sites (N-methyl/N-ethyl adjacent to an activating group) is 1. The van der Waals surface area contributed by atoms with E-state index in [0.717, 1.165) is 42.1 Å². The molecule has 2 aromatic heterocycles. The molecule has 0 aromatic carbocycles. The fourth-order valence-corrected chi connectivity index (χ4v) is 4.02. The molecular weight excluding hydrogens is 272 g/mol. The number of nitrogens with one attached hydrogen (secondary N) is 1. The molecule has 0 unspecified atom stereocenters. The van der Waals surface area contributed by atoms with Gasteiger partial charge < -0.3 is 9.88 Å². The maximum Gasteiger partial charge on any atom is 0.259 e. The van der Waals surface area contributed by atoms with Crippen LogP contribution in [0.1, 0.15) is 23.2 Å². The van der Waals surface area contributed by atoms with E-state index in [2.05, 4.69) is 21.8 Å². The molecule has 0 spiro atoms. The number of H-pyrrole nitrogens is 1. The van der Waals surface area contributed by atoms with Crippen molar-refractivity contribution in [1.29, 1.82) is 0 Å². The largest absolute Gasteiger partial charge is 0.309 e. The summed E-state index contributed by atoms with van der Waals surface area (Å²) >= 11 is 1.68. The summed E-state index contributed by atoms with van der Waals surface area (Å²) in [6.07, 6.45) is 0.959. The first-order valence-electron chi connectivity index (χ1n) is 6.99. The van der Waals surface area contributed by atoms with Crippen LogP contribution in [-0.2, 0) is 19.5 Å². The van der Waals surface area contributed by atoms with Gasteiger partial charge in [-0.1, -0.05) is 6.92 Å². The van der Waals surface area contributed by atoms with Crippen LogP contribution in [0.4, 0.5) is 0 Å². The number of fused-ring (bicyclic) bond motifs is 3. The Morgan fingerprint density at radius 3 is 2.95 bits per heavy atom. The number of nitrogens with zero attached hydrogens (tertiary/aromatic N) is 3. The zero-order valence-corrected chi connectivity index (χ0v) is 13.0. The standard InChI is InChI=1S/C14H20N4OS/c1-4-18-6-5-9-10(7-18)20-14-12(9)13(19)15-11(16-14)8-17(2)3/h4-8H2,1-3H3,(H,15,16,19). The van der Waals surface area contributed by atoms with E-state index in [1.165, 1.54) is 10.4 Å². The topological polar surface area (TPSA) is 52.2 Å². The van der Waals surface area contributed by atoms with Gasteiger partial charge in [0.15, 0.2) is 0 Å². The Morgan fingerprint density at radius 1 is 1.45 bits per heavy atom. The zero-order chi connectivity index (χ0) is 14.3. The molecule has 2 aromatic rings. The van der Waals surface area contributed by atoms with Crippen LogP contribution in [0.5, 0.6) is 0 Å². The molecule has 0 aliphatic carbocycles. The van der Waals surface area contributed by atoms with Gasteiger partial charge in [0.05, 0.1) is 11.9 Å². The molecule has 0 amide bonds. The van der Waals surface area contributed by atoms with Crippen molar-refractivity contribution in [3.05, 3.63) is 26.6 Å². The molecule has 0 radical (unpaired) electrons. The lowest BCUT2D eigenvalue weighted by Gasteiger charge is -2.24. The van der Waals surface area contributed by atoms with Crippen LogP contribution in [0.2, 0.25) is 0 Å². The van der Waals surface area contributed by atoms with Crippen LogP contribution in [0.25, 0.3) is 10.2 Å². The van der Waals surface area contributed by atoms with Gasteiger partial charge in [-0.25, -0.2) is 4.98 Å². The Labute approximate surface area is 122 Å². The predicted octanol–water partition coefficient (Wildman–Crippen LogP) is 1.42. The maximum absolute atomic E-state index is 12.3. The summed E-state index contributed by atoms with van der Waals surface area (Å²) in [4.78, 5) is 26.5. The van der Waals surface area contributed by atoms with Gasteiger partial charge in [-0.2, -0.15) is 0 Å². The van der Waals surface area contributed by atoms with Crippen molar-refractivity contribution >= 4 is 21.6 Å². The number of aromatic nitrogens is 2. The molecule has 0 saturated heterocycles. The van der Waals surface area contributed by atoms with Crippen LogP contribution in [0, 0.1) is 0 Å². The van der Waals surface area contributed by atoms with Crippen molar-refractivity contribution in [3.8, 4) is 0 Å². The summed E-state index contributed by atoms with van der Waals surface area (Å²) in [5, 5.41) is 0.822. The third kappa shape index (κ3) is 2.39. The quantitative estimate of drug-likeness (QED) is 0.930. The van der Waals surface area contributed by atoms with Crippen LogP contribution >= 0.6 is 11.3 Å². The molecule has 0 bridgehead atoms. The second kappa shape index (κ2) is 5.27. The minimum atomic E-state index is 0.0225. The summed E-state index contributed by atoms with van der Waals surface area (Å²) in [7, 11) is 3.95. The van der Waals surface area contributed by atoms with Gasteiger partial charge in [0.1, 0.15) is 10.7 Å². The summed E-state index contributed by atoms with van der Waals surface area (Å²) < 4.78 is 0. The Bertz CT molecular complexity index is 688. The highest BCUT2D eigenvalue weighted by molar-refractivity contribution is 7.18. The third-order valence-corrected chi connectivity index (χ3v) is 4.86. The van der Waals surface area contributed by atoms with Gasteiger partial charge in [0.2, 0.25) is 0 Å². The van der Waals surface area contributed by atoms with E-state index in [-0.39, 0.29) is 5.56 Å². The fourth-order valence-electron chi connectivity index (χ4n) is 2.74. The van der Waals surface area contributed by atoms with Gasteiger partial charge in [-0.3, -0.25) is 9.69 Å². The minimum Gasteiger partial charge on any atom is -0.309 e. The Balaban J connectivity index is 2.08. The second-order valence-electron chi connectivity index (χ2n) is 5.55. The van der Waals surface area contributed by atoms with Crippen molar-refractivity contribution in [1.82, 2.24) is 19.8 Å². The first kappa shape index (κ1) is 13.7. The van der Waals surface area contributed by atoms with Crippen LogP contribution in [0.15, 0.2) is 4.79 Å². The smallest absolute Gasteiger partial charge is 0.259 e. The van der Waals surface area contributed by atoms with E-state index in [4.69, 9.17) is 0 Å². The van der Waals surface area contributed by atoms with Gasteiger partial charge in [-0.05, 0) is 32.6 Å². The van der Waals surface area contributed by atoms with E-state index in [1.807, 2.05) is 19.0 Å². The molecule has 20 heavy (non-hydrogen) atoms. The molecule has 0 atom stereocenters. The molecule has 1 N–H and O–H groups in total. The van der Waals surface area contributed by atoms with E-state index < -0.39 is 0 Å². The Morgan fingerprint density at radius 2 is 2.25 bits per heavy atom. The number of hydrogen-bond acceptors (Lipinski definition) is 5. The van der Waals surface area contributed by atoms with Crippen molar-refractivity contribution in [2.75, 3.05) is 27.2 Å². The van der Waals surface area contributed by atoms with Crippen molar-refractivity contribution in [2.24, 2.45) is 0 Å². The van der Waals surface area contributed by atoms with Crippen molar-refractivity contribution in [2.45, 2.75) is 26.4 Å². The van der Waals surface area contributed by atoms with Gasteiger partial charge in [0.25, 0.3) is 5.56 Å². The summed E-state index contributed by atoms with van der Waals surface area (Å²) in [5.74, 6) is 0.749. The summed E-state index contributed by atoms with van der Waals surface area (Å²) in [6.45, 7) is 5.89. The van der Waals surface area contributed by atoms with Gasteiger partial charge in [0, 0.05) is 18.0 Å². The number of thiophene rings is 1. The normalized spacial score (nSPS) is 16.0. The molecule has 3 heterocycles. The molecule has 0 fully saturated rings. The third-order valence-electron chi connectivity index (χ3n) is 3.75. The van der Waals surface area contributed by atoms with Crippen molar-refractivity contribution in [3.63, 3.8) is 0 Å². The van der Waals surface area contributed by atoms with Gasteiger partial charge in [-0.15, -0.1) is 11.3 Å². The fraction of sp³-hybridized carbons (Fsp3) is 0.571. The van der Waals surface area contributed by atoms with E-state index in [1.54, 1.807) is 11.3 Å². The van der Waals surface area contributed by atoms with E-state index in [9.17, 15) is 4.79 Å². The van der Waals surface area contributed by atoms with Crippen molar-refractivity contribution < 1.29 is 0 Å². The molecule has 6 heteroatoms. The summed E-state index contributed by atoms with van der Waals surface area (Å²) in [6, 6.07) is 0. The molecule has 1 aliphatic rings. The first-order valence-corrected chi connectivity index (χ1v) is 7.80.